The minimum absolute atomic E-state index is 0.0212. The molecule has 0 aliphatic heterocycles. The van der Waals surface area contributed by atoms with E-state index in [-0.39, 0.29) is 5.91 Å². The number of carbonyl (C=O) groups is 1. The lowest BCUT2D eigenvalue weighted by Gasteiger charge is -2.12. The fourth-order valence-corrected chi connectivity index (χ4v) is 2.61. The SMILES string of the molecule is CNC(=O)c1cc2sccc2n1C(C)C. The number of rotatable bonds is 2. The lowest BCUT2D eigenvalue weighted by molar-refractivity contribution is 0.0953. The Morgan fingerprint density at radius 3 is 2.87 bits per heavy atom. The fraction of sp³-hybridized carbons (Fsp3) is 0.364. The Balaban J connectivity index is 2.67. The van der Waals surface area contributed by atoms with Gasteiger partial charge in [0.15, 0.2) is 0 Å². The third-order valence-corrected chi connectivity index (χ3v) is 3.29. The second-order valence-corrected chi connectivity index (χ2v) is 4.69. The second-order valence-electron chi connectivity index (χ2n) is 3.74. The summed E-state index contributed by atoms with van der Waals surface area (Å²) in [6.07, 6.45) is 0. The first-order chi connectivity index (χ1) is 7.15. The van der Waals surface area contributed by atoms with E-state index >= 15 is 0 Å². The third-order valence-electron chi connectivity index (χ3n) is 2.44. The number of hydrogen-bond acceptors (Lipinski definition) is 2. The van der Waals surface area contributed by atoms with Crippen LogP contribution in [-0.2, 0) is 0 Å². The number of amides is 1. The van der Waals surface area contributed by atoms with Crippen molar-refractivity contribution in [2.75, 3.05) is 7.05 Å². The Kier molecular flexibility index (Phi) is 2.52. The van der Waals surface area contributed by atoms with Gasteiger partial charge in [0, 0.05) is 13.1 Å². The number of nitrogens with one attached hydrogen (secondary N) is 1. The van der Waals surface area contributed by atoms with E-state index in [1.807, 2.05) is 6.07 Å². The Hall–Kier alpha value is -1.29. The maximum Gasteiger partial charge on any atom is 0.267 e. The first-order valence-electron chi connectivity index (χ1n) is 4.95. The highest BCUT2D eigenvalue weighted by atomic mass is 32.1. The van der Waals surface area contributed by atoms with E-state index < -0.39 is 0 Å². The molecule has 0 unspecified atom stereocenters. The highest BCUT2D eigenvalue weighted by molar-refractivity contribution is 7.17. The summed E-state index contributed by atoms with van der Waals surface area (Å²) in [5, 5.41) is 4.72. The predicted molar refractivity (Wildman–Crippen MR) is 63.6 cm³/mol. The zero-order valence-electron chi connectivity index (χ0n) is 9.07. The van der Waals surface area contributed by atoms with Crippen LogP contribution in [0.15, 0.2) is 17.5 Å². The van der Waals surface area contributed by atoms with Crippen LogP contribution < -0.4 is 5.32 Å². The van der Waals surface area contributed by atoms with E-state index in [2.05, 4.69) is 35.2 Å². The first kappa shape index (κ1) is 10.2. The van der Waals surface area contributed by atoms with E-state index in [0.717, 1.165) is 11.2 Å². The molecule has 2 aromatic rings. The van der Waals surface area contributed by atoms with Crippen LogP contribution >= 0.6 is 11.3 Å². The molecule has 0 radical (unpaired) electrons. The lowest BCUT2D eigenvalue weighted by atomic mass is 10.3. The largest absolute Gasteiger partial charge is 0.354 e. The second kappa shape index (κ2) is 3.70. The molecule has 0 atom stereocenters. The van der Waals surface area contributed by atoms with Gasteiger partial charge >= 0.3 is 0 Å². The Morgan fingerprint density at radius 1 is 1.53 bits per heavy atom. The minimum Gasteiger partial charge on any atom is -0.354 e. The summed E-state index contributed by atoms with van der Waals surface area (Å²) in [6, 6.07) is 4.31. The zero-order valence-corrected chi connectivity index (χ0v) is 9.89. The normalized spacial score (nSPS) is 11.2. The van der Waals surface area contributed by atoms with Gasteiger partial charge < -0.3 is 9.88 Å². The number of thiophene rings is 1. The van der Waals surface area contributed by atoms with Gasteiger partial charge in [-0.3, -0.25) is 4.79 Å². The monoisotopic (exact) mass is 222 g/mol. The van der Waals surface area contributed by atoms with Gasteiger partial charge in [-0.2, -0.15) is 0 Å². The molecule has 0 aliphatic rings. The molecule has 2 rings (SSSR count). The summed E-state index contributed by atoms with van der Waals surface area (Å²) in [5.41, 5.74) is 1.89. The number of fused-ring (bicyclic) bond motifs is 1. The van der Waals surface area contributed by atoms with Crippen LogP contribution in [0.1, 0.15) is 30.4 Å². The average Bonchev–Trinajstić information content (AvgIpc) is 2.73. The van der Waals surface area contributed by atoms with Crippen molar-refractivity contribution in [3.63, 3.8) is 0 Å². The maximum atomic E-state index is 11.7. The van der Waals surface area contributed by atoms with E-state index in [4.69, 9.17) is 0 Å². The highest BCUT2D eigenvalue weighted by Gasteiger charge is 2.16. The summed E-state index contributed by atoms with van der Waals surface area (Å²) in [6.45, 7) is 4.17. The van der Waals surface area contributed by atoms with E-state index in [9.17, 15) is 4.79 Å². The molecular weight excluding hydrogens is 208 g/mol. The third kappa shape index (κ3) is 1.55. The van der Waals surface area contributed by atoms with Gasteiger partial charge in [-0.25, -0.2) is 0 Å². The van der Waals surface area contributed by atoms with Crippen LogP contribution in [0.2, 0.25) is 0 Å². The van der Waals surface area contributed by atoms with E-state index in [1.165, 1.54) is 4.70 Å². The molecule has 1 amide bonds. The molecule has 3 nitrogen and oxygen atoms in total. The van der Waals surface area contributed by atoms with Gasteiger partial charge in [0.05, 0.1) is 10.2 Å². The standard InChI is InChI=1S/C11H14N2OS/c1-7(2)13-8-4-5-15-10(8)6-9(13)11(14)12-3/h4-7H,1-3H3,(H,12,14). The highest BCUT2D eigenvalue weighted by Crippen LogP contribution is 2.28. The average molecular weight is 222 g/mol. The first-order valence-corrected chi connectivity index (χ1v) is 5.83. The number of nitrogens with zero attached hydrogens (tertiary/aromatic N) is 1. The molecule has 0 aromatic carbocycles. The van der Waals surface area contributed by atoms with Crippen molar-refractivity contribution < 1.29 is 4.79 Å². The molecular formula is C11H14N2OS. The minimum atomic E-state index is -0.0212. The summed E-state index contributed by atoms with van der Waals surface area (Å²) >= 11 is 1.67. The molecule has 0 spiro atoms. The van der Waals surface area contributed by atoms with Crippen LogP contribution in [-0.4, -0.2) is 17.5 Å². The quantitative estimate of drug-likeness (QED) is 0.832. The Labute approximate surface area is 92.7 Å². The predicted octanol–water partition coefficient (Wildman–Crippen LogP) is 2.64. The molecule has 0 saturated carbocycles. The number of aromatic nitrogens is 1. The van der Waals surface area contributed by atoms with Gasteiger partial charge in [-0.05, 0) is 31.4 Å². The summed E-state index contributed by atoms with van der Waals surface area (Å²) in [5.74, 6) is -0.0212. The van der Waals surface area contributed by atoms with Crippen molar-refractivity contribution in [1.82, 2.24) is 9.88 Å². The molecule has 0 saturated heterocycles. The van der Waals surface area contributed by atoms with Crippen molar-refractivity contribution in [2.45, 2.75) is 19.9 Å². The van der Waals surface area contributed by atoms with Gasteiger partial charge in [0.2, 0.25) is 0 Å². The van der Waals surface area contributed by atoms with E-state index in [0.29, 0.717) is 6.04 Å². The van der Waals surface area contributed by atoms with Crippen molar-refractivity contribution in [3.05, 3.63) is 23.2 Å². The molecule has 0 aliphatic carbocycles. The summed E-state index contributed by atoms with van der Waals surface area (Å²) < 4.78 is 3.24. The molecule has 80 valence electrons. The fourth-order valence-electron chi connectivity index (χ4n) is 1.80. The zero-order chi connectivity index (χ0) is 11.0. The number of carbonyl (C=O) groups excluding carboxylic acids is 1. The number of hydrogen-bond donors (Lipinski definition) is 1. The van der Waals surface area contributed by atoms with Gasteiger partial charge in [-0.15, -0.1) is 11.3 Å². The van der Waals surface area contributed by atoms with Crippen LogP contribution in [0.4, 0.5) is 0 Å². The molecule has 15 heavy (non-hydrogen) atoms. The Morgan fingerprint density at radius 2 is 2.27 bits per heavy atom. The molecule has 2 heterocycles. The molecule has 4 heteroatoms. The van der Waals surface area contributed by atoms with Crippen molar-refractivity contribution in [3.8, 4) is 0 Å². The van der Waals surface area contributed by atoms with Gasteiger partial charge in [-0.1, -0.05) is 0 Å². The van der Waals surface area contributed by atoms with Gasteiger partial charge in [0.1, 0.15) is 5.69 Å². The summed E-state index contributed by atoms with van der Waals surface area (Å²) in [4.78, 5) is 11.7. The smallest absolute Gasteiger partial charge is 0.267 e. The molecule has 1 N–H and O–H groups in total. The Bertz CT molecular complexity index is 496. The lowest BCUT2D eigenvalue weighted by Crippen LogP contribution is -2.22. The van der Waals surface area contributed by atoms with Crippen molar-refractivity contribution >= 4 is 27.5 Å². The van der Waals surface area contributed by atoms with E-state index in [1.54, 1.807) is 18.4 Å². The van der Waals surface area contributed by atoms with Crippen LogP contribution in [0, 0.1) is 0 Å². The molecule has 0 bridgehead atoms. The topological polar surface area (TPSA) is 34.0 Å². The van der Waals surface area contributed by atoms with Crippen LogP contribution in [0.25, 0.3) is 10.2 Å². The summed E-state index contributed by atoms with van der Waals surface area (Å²) in [7, 11) is 1.66. The maximum absolute atomic E-state index is 11.7. The van der Waals surface area contributed by atoms with Gasteiger partial charge in [0.25, 0.3) is 5.91 Å². The molecule has 0 fully saturated rings. The van der Waals surface area contributed by atoms with Crippen molar-refractivity contribution in [2.24, 2.45) is 0 Å². The van der Waals surface area contributed by atoms with Crippen LogP contribution in [0.5, 0.6) is 0 Å². The van der Waals surface area contributed by atoms with Crippen LogP contribution in [0.3, 0.4) is 0 Å². The van der Waals surface area contributed by atoms with Crippen molar-refractivity contribution in [1.29, 1.82) is 0 Å². The molecule has 2 aromatic heterocycles.